The van der Waals surface area contributed by atoms with E-state index in [0.29, 0.717) is 16.5 Å². The van der Waals surface area contributed by atoms with Crippen molar-refractivity contribution in [2.75, 3.05) is 6.26 Å². The third-order valence-electron chi connectivity index (χ3n) is 3.65. The minimum absolute atomic E-state index is 0.142. The van der Waals surface area contributed by atoms with Gasteiger partial charge in [-0.1, -0.05) is 24.3 Å². The van der Waals surface area contributed by atoms with Crippen LogP contribution in [0.25, 0.3) is 10.9 Å². The lowest BCUT2D eigenvalue weighted by molar-refractivity contribution is 0.0970. The van der Waals surface area contributed by atoms with Crippen molar-refractivity contribution in [3.63, 3.8) is 0 Å². The summed E-state index contributed by atoms with van der Waals surface area (Å²) in [5, 5.41) is 0.445. The standard InChI is InChI=1S/C17H14N2O4S/c1-24(22,23)13-8-6-12(7-9-13)16(20)10-19-11-18-15-5-3-2-4-14(15)17(19)21/h2-9,11H,10H2,1H3. The van der Waals surface area contributed by atoms with Crippen molar-refractivity contribution in [1.82, 2.24) is 9.55 Å². The van der Waals surface area contributed by atoms with E-state index in [2.05, 4.69) is 4.98 Å². The van der Waals surface area contributed by atoms with Crippen molar-refractivity contribution >= 4 is 26.5 Å². The molecule has 0 radical (unpaired) electrons. The van der Waals surface area contributed by atoms with E-state index in [4.69, 9.17) is 0 Å². The average molecular weight is 342 g/mol. The fourth-order valence-corrected chi connectivity index (χ4v) is 2.98. The van der Waals surface area contributed by atoms with Crippen LogP contribution >= 0.6 is 0 Å². The molecule has 122 valence electrons. The van der Waals surface area contributed by atoms with Gasteiger partial charge in [0.15, 0.2) is 15.6 Å². The maximum Gasteiger partial charge on any atom is 0.261 e. The summed E-state index contributed by atoms with van der Waals surface area (Å²) >= 11 is 0. The number of carbonyl (C=O) groups is 1. The largest absolute Gasteiger partial charge is 0.292 e. The molecule has 2 aromatic carbocycles. The number of fused-ring (bicyclic) bond motifs is 1. The van der Waals surface area contributed by atoms with E-state index in [-0.39, 0.29) is 22.8 Å². The first-order valence-electron chi connectivity index (χ1n) is 7.14. The summed E-state index contributed by atoms with van der Waals surface area (Å²) in [4.78, 5) is 29.0. The third kappa shape index (κ3) is 3.11. The van der Waals surface area contributed by atoms with Crippen LogP contribution in [0.1, 0.15) is 10.4 Å². The van der Waals surface area contributed by atoms with E-state index in [1.807, 2.05) is 0 Å². The molecule has 0 aliphatic rings. The molecule has 1 aromatic heterocycles. The summed E-state index contributed by atoms with van der Waals surface area (Å²) in [5.41, 5.74) is 0.618. The van der Waals surface area contributed by atoms with Gasteiger partial charge in [-0.05, 0) is 24.3 Å². The van der Waals surface area contributed by atoms with Crippen LogP contribution < -0.4 is 5.56 Å². The molecule has 0 N–H and O–H groups in total. The van der Waals surface area contributed by atoms with Gasteiger partial charge in [-0.3, -0.25) is 14.2 Å². The van der Waals surface area contributed by atoms with Gasteiger partial charge in [-0.15, -0.1) is 0 Å². The van der Waals surface area contributed by atoms with Crippen LogP contribution in [0, 0.1) is 0 Å². The van der Waals surface area contributed by atoms with Crippen LogP contribution in [0.2, 0.25) is 0 Å². The molecular weight excluding hydrogens is 328 g/mol. The minimum Gasteiger partial charge on any atom is -0.292 e. The highest BCUT2D eigenvalue weighted by Crippen LogP contribution is 2.11. The number of sulfone groups is 1. The first kappa shape index (κ1) is 16.1. The second-order valence-corrected chi connectivity index (χ2v) is 7.43. The molecule has 0 saturated carbocycles. The molecule has 6 nitrogen and oxygen atoms in total. The summed E-state index contributed by atoms with van der Waals surface area (Å²) in [6, 6.07) is 12.6. The maximum atomic E-state index is 12.4. The number of para-hydroxylation sites is 1. The van der Waals surface area contributed by atoms with Gasteiger partial charge < -0.3 is 0 Å². The summed E-state index contributed by atoms with van der Waals surface area (Å²) in [6.45, 7) is -0.158. The molecule has 3 rings (SSSR count). The summed E-state index contributed by atoms with van der Waals surface area (Å²) < 4.78 is 24.1. The van der Waals surface area contributed by atoms with Crippen LogP contribution in [-0.2, 0) is 16.4 Å². The van der Waals surface area contributed by atoms with Crippen LogP contribution in [0.15, 0.2) is 64.5 Å². The zero-order valence-corrected chi connectivity index (χ0v) is 13.7. The zero-order chi connectivity index (χ0) is 17.3. The number of nitrogens with zero attached hydrogens (tertiary/aromatic N) is 2. The molecule has 24 heavy (non-hydrogen) atoms. The molecule has 0 spiro atoms. The number of ketones is 1. The lowest BCUT2D eigenvalue weighted by Gasteiger charge is -2.06. The third-order valence-corrected chi connectivity index (χ3v) is 4.78. The normalized spacial score (nSPS) is 11.5. The van der Waals surface area contributed by atoms with E-state index in [1.165, 1.54) is 35.2 Å². The Kier molecular flexibility index (Phi) is 4.02. The van der Waals surface area contributed by atoms with E-state index in [9.17, 15) is 18.0 Å². The predicted octanol–water partition coefficient (Wildman–Crippen LogP) is 1.68. The highest BCUT2D eigenvalue weighted by molar-refractivity contribution is 7.90. The first-order chi connectivity index (χ1) is 11.4. The second-order valence-electron chi connectivity index (χ2n) is 5.41. The quantitative estimate of drug-likeness (QED) is 0.673. The van der Waals surface area contributed by atoms with Gasteiger partial charge >= 0.3 is 0 Å². The first-order valence-corrected chi connectivity index (χ1v) is 9.03. The van der Waals surface area contributed by atoms with E-state index in [0.717, 1.165) is 6.26 Å². The van der Waals surface area contributed by atoms with Crippen molar-refractivity contribution in [3.05, 3.63) is 70.8 Å². The fraction of sp³-hybridized carbons (Fsp3) is 0.118. The van der Waals surface area contributed by atoms with Gasteiger partial charge in [0.05, 0.1) is 28.7 Å². The average Bonchev–Trinajstić information content (AvgIpc) is 2.57. The highest BCUT2D eigenvalue weighted by Gasteiger charge is 2.12. The fourth-order valence-electron chi connectivity index (χ4n) is 2.35. The molecule has 3 aromatic rings. The van der Waals surface area contributed by atoms with Gasteiger partial charge in [-0.2, -0.15) is 0 Å². The Morgan fingerprint density at radius 3 is 2.42 bits per heavy atom. The van der Waals surface area contributed by atoms with Crippen molar-refractivity contribution in [2.24, 2.45) is 0 Å². The summed E-state index contributed by atoms with van der Waals surface area (Å²) in [5.74, 6) is -0.297. The Labute approximate surface area is 138 Å². The molecule has 7 heteroatoms. The van der Waals surface area contributed by atoms with Crippen molar-refractivity contribution in [2.45, 2.75) is 11.4 Å². The molecule has 0 bridgehead atoms. The Balaban J connectivity index is 1.90. The van der Waals surface area contributed by atoms with E-state index >= 15 is 0 Å². The van der Waals surface area contributed by atoms with Crippen molar-refractivity contribution in [3.8, 4) is 0 Å². The number of carbonyl (C=O) groups excluding carboxylic acids is 1. The summed E-state index contributed by atoms with van der Waals surface area (Å²) in [6.07, 6.45) is 2.44. The molecule has 0 fully saturated rings. The SMILES string of the molecule is CS(=O)(=O)c1ccc(C(=O)Cn2cnc3ccccc3c2=O)cc1. The Hall–Kier alpha value is -2.80. The van der Waals surface area contributed by atoms with Crippen LogP contribution in [-0.4, -0.2) is 30.0 Å². The Morgan fingerprint density at radius 1 is 1.08 bits per heavy atom. The molecule has 0 aliphatic carbocycles. The van der Waals surface area contributed by atoms with Crippen molar-refractivity contribution < 1.29 is 13.2 Å². The molecule has 0 unspecified atom stereocenters. The lowest BCUT2D eigenvalue weighted by atomic mass is 10.1. The van der Waals surface area contributed by atoms with Crippen LogP contribution in [0.3, 0.4) is 0 Å². The summed E-state index contributed by atoms with van der Waals surface area (Å²) in [7, 11) is -3.31. The van der Waals surface area contributed by atoms with Gasteiger partial charge in [0.2, 0.25) is 0 Å². The molecule has 0 saturated heterocycles. The minimum atomic E-state index is -3.31. The van der Waals surface area contributed by atoms with Crippen LogP contribution in [0.5, 0.6) is 0 Å². The smallest absolute Gasteiger partial charge is 0.261 e. The number of Topliss-reactive ketones (excluding diaryl/α,β-unsaturated/α-hetero) is 1. The molecule has 0 atom stereocenters. The van der Waals surface area contributed by atoms with Gasteiger partial charge in [0.1, 0.15) is 0 Å². The molecule has 0 amide bonds. The zero-order valence-electron chi connectivity index (χ0n) is 12.8. The number of rotatable bonds is 4. The number of benzene rings is 2. The monoisotopic (exact) mass is 342 g/mol. The molecular formula is C17H14N2O4S. The Bertz CT molecular complexity index is 1080. The van der Waals surface area contributed by atoms with Crippen molar-refractivity contribution in [1.29, 1.82) is 0 Å². The van der Waals surface area contributed by atoms with E-state index in [1.54, 1.807) is 24.3 Å². The second kappa shape index (κ2) is 6.01. The Morgan fingerprint density at radius 2 is 1.75 bits per heavy atom. The van der Waals surface area contributed by atoms with E-state index < -0.39 is 9.84 Å². The topological polar surface area (TPSA) is 86.1 Å². The molecule has 1 heterocycles. The number of hydrogen-bond acceptors (Lipinski definition) is 5. The van der Waals surface area contributed by atoms with Gasteiger partial charge in [-0.25, -0.2) is 13.4 Å². The number of aromatic nitrogens is 2. The van der Waals surface area contributed by atoms with Gasteiger partial charge in [0, 0.05) is 11.8 Å². The molecule has 0 aliphatic heterocycles. The lowest BCUT2D eigenvalue weighted by Crippen LogP contribution is -2.24. The predicted molar refractivity (Wildman–Crippen MR) is 89.9 cm³/mol. The maximum absolute atomic E-state index is 12.4. The highest BCUT2D eigenvalue weighted by atomic mass is 32.2. The number of hydrogen-bond donors (Lipinski definition) is 0. The van der Waals surface area contributed by atoms with Crippen LogP contribution in [0.4, 0.5) is 0 Å². The van der Waals surface area contributed by atoms with Gasteiger partial charge in [0.25, 0.3) is 5.56 Å².